The van der Waals surface area contributed by atoms with Gasteiger partial charge in [-0.15, -0.1) is 0 Å². The van der Waals surface area contributed by atoms with Gasteiger partial charge in [-0.25, -0.2) is 8.42 Å². The van der Waals surface area contributed by atoms with Crippen LogP contribution >= 0.6 is 0 Å². The average molecular weight is 476 g/mol. The third-order valence-electron chi connectivity index (χ3n) is 8.01. The summed E-state index contributed by atoms with van der Waals surface area (Å²) in [6.07, 6.45) is 10.4. The first kappa shape index (κ1) is 23.1. The summed E-state index contributed by atoms with van der Waals surface area (Å²) in [4.78, 5) is 18.6. The molecule has 3 heterocycles. The Balaban J connectivity index is 1.51. The first-order chi connectivity index (χ1) is 16.1. The van der Waals surface area contributed by atoms with Gasteiger partial charge in [0.2, 0.25) is 10.0 Å². The molecule has 0 aromatic heterocycles. The second-order valence-corrected chi connectivity index (χ2v) is 11.9. The standard InChI is InChI=1S/C25H37N3O4S/c29-25(28-14-6-8-20-7-2-3-9-23(20)28)22-19-21(33(30,31)27-15-17-32-18-16-27)10-11-24(22)26-12-4-1-5-13-26/h10-11,19-20,23H,1-9,12-18H2. The summed E-state index contributed by atoms with van der Waals surface area (Å²) in [7, 11) is -3.66. The summed E-state index contributed by atoms with van der Waals surface area (Å²) < 4.78 is 33.6. The molecule has 182 valence electrons. The smallest absolute Gasteiger partial charge is 0.256 e. The number of anilines is 1. The molecule has 8 heteroatoms. The van der Waals surface area contributed by atoms with Crippen molar-refractivity contribution in [1.29, 1.82) is 0 Å². The van der Waals surface area contributed by atoms with Gasteiger partial charge in [-0.1, -0.05) is 12.8 Å². The summed E-state index contributed by atoms with van der Waals surface area (Å²) in [5.74, 6) is 0.612. The number of amides is 1. The van der Waals surface area contributed by atoms with E-state index >= 15 is 0 Å². The SMILES string of the molecule is O=C(c1cc(S(=O)(=O)N2CCOCC2)ccc1N1CCCCC1)N1CCCC2CCCCC21. The lowest BCUT2D eigenvalue weighted by molar-refractivity contribution is 0.0391. The van der Waals surface area contributed by atoms with Crippen LogP contribution in [-0.2, 0) is 14.8 Å². The molecule has 7 nitrogen and oxygen atoms in total. The van der Waals surface area contributed by atoms with Crippen LogP contribution in [0.15, 0.2) is 23.1 Å². The summed E-state index contributed by atoms with van der Waals surface area (Å²) in [6.45, 7) is 4.15. The first-order valence-electron chi connectivity index (χ1n) is 12.8. The molecule has 2 unspecified atom stereocenters. The zero-order valence-corrected chi connectivity index (χ0v) is 20.4. The Kier molecular flexibility index (Phi) is 6.95. The van der Waals surface area contributed by atoms with Crippen LogP contribution < -0.4 is 4.90 Å². The van der Waals surface area contributed by atoms with Gasteiger partial charge in [-0.3, -0.25) is 4.79 Å². The van der Waals surface area contributed by atoms with Crippen molar-refractivity contribution in [3.05, 3.63) is 23.8 Å². The van der Waals surface area contributed by atoms with Crippen molar-refractivity contribution in [2.45, 2.75) is 68.7 Å². The molecule has 3 aliphatic heterocycles. The largest absolute Gasteiger partial charge is 0.379 e. The van der Waals surface area contributed by atoms with Crippen LogP contribution in [0.3, 0.4) is 0 Å². The second kappa shape index (κ2) is 9.92. The Hall–Kier alpha value is -1.64. The van der Waals surface area contributed by atoms with Gasteiger partial charge >= 0.3 is 0 Å². The quantitative estimate of drug-likeness (QED) is 0.667. The van der Waals surface area contributed by atoms with Crippen LogP contribution in [0.1, 0.15) is 68.1 Å². The molecule has 1 aromatic carbocycles. The molecule has 1 aromatic rings. The second-order valence-electron chi connectivity index (χ2n) is 10.00. The van der Waals surface area contributed by atoms with Gasteiger partial charge in [0.15, 0.2) is 0 Å². The maximum atomic E-state index is 14.0. The van der Waals surface area contributed by atoms with Crippen molar-refractivity contribution in [2.24, 2.45) is 5.92 Å². The van der Waals surface area contributed by atoms with E-state index < -0.39 is 10.0 Å². The van der Waals surface area contributed by atoms with Gasteiger partial charge in [-0.05, 0) is 69.1 Å². The first-order valence-corrected chi connectivity index (χ1v) is 14.3. The number of rotatable bonds is 4. The van der Waals surface area contributed by atoms with Crippen molar-refractivity contribution >= 4 is 21.6 Å². The van der Waals surface area contributed by atoms with Crippen LogP contribution in [0, 0.1) is 5.92 Å². The van der Waals surface area contributed by atoms with E-state index in [0.717, 1.165) is 51.0 Å². The molecular formula is C25H37N3O4S. The Morgan fingerprint density at radius 2 is 1.58 bits per heavy atom. The fraction of sp³-hybridized carbons (Fsp3) is 0.720. The number of carbonyl (C=O) groups excluding carboxylic acids is 1. The third-order valence-corrected chi connectivity index (χ3v) is 9.90. The predicted octanol–water partition coefficient (Wildman–Crippen LogP) is 3.49. The highest BCUT2D eigenvalue weighted by molar-refractivity contribution is 7.89. The molecule has 33 heavy (non-hydrogen) atoms. The van der Waals surface area contributed by atoms with Gasteiger partial charge in [0.25, 0.3) is 5.91 Å². The van der Waals surface area contributed by atoms with Crippen LogP contribution in [0.25, 0.3) is 0 Å². The van der Waals surface area contributed by atoms with E-state index in [-0.39, 0.29) is 10.8 Å². The molecule has 0 N–H and O–H groups in total. The van der Waals surface area contributed by atoms with Gasteiger partial charge in [0, 0.05) is 44.5 Å². The highest BCUT2D eigenvalue weighted by atomic mass is 32.2. The number of nitrogens with zero attached hydrogens (tertiary/aromatic N) is 3. The van der Waals surface area contributed by atoms with E-state index in [2.05, 4.69) is 9.80 Å². The number of ether oxygens (including phenoxy) is 1. The van der Waals surface area contributed by atoms with Crippen LogP contribution in [0.4, 0.5) is 5.69 Å². The molecule has 1 amide bonds. The minimum atomic E-state index is -3.66. The number of sulfonamides is 1. The van der Waals surface area contributed by atoms with Crippen LogP contribution in [-0.4, -0.2) is 75.5 Å². The molecule has 3 saturated heterocycles. The fourth-order valence-electron chi connectivity index (χ4n) is 6.23. The highest BCUT2D eigenvalue weighted by Crippen LogP contribution is 2.37. The normalized spacial score (nSPS) is 27.3. The van der Waals surface area contributed by atoms with E-state index in [1.165, 1.54) is 36.4 Å². The van der Waals surface area contributed by atoms with Gasteiger partial charge in [-0.2, -0.15) is 4.31 Å². The maximum Gasteiger partial charge on any atom is 0.256 e. The number of benzene rings is 1. The van der Waals surface area contributed by atoms with Crippen molar-refractivity contribution < 1.29 is 17.9 Å². The minimum absolute atomic E-state index is 0.0196. The summed E-state index contributed by atoms with van der Waals surface area (Å²) in [6, 6.07) is 5.55. The van der Waals surface area contributed by atoms with Crippen molar-refractivity contribution in [3.8, 4) is 0 Å². The summed E-state index contributed by atoms with van der Waals surface area (Å²) >= 11 is 0. The lowest BCUT2D eigenvalue weighted by Crippen LogP contribution is -2.50. The fourth-order valence-corrected chi connectivity index (χ4v) is 7.66. The van der Waals surface area contributed by atoms with Crippen molar-refractivity contribution in [2.75, 3.05) is 50.8 Å². The molecule has 1 saturated carbocycles. The van der Waals surface area contributed by atoms with E-state index in [9.17, 15) is 13.2 Å². The Labute approximate surface area is 198 Å². The number of hydrogen-bond acceptors (Lipinski definition) is 5. The molecule has 2 atom stereocenters. The number of fused-ring (bicyclic) bond motifs is 1. The van der Waals surface area contributed by atoms with Crippen molar-refractivity contribution in [1.82, 2.24) is 9.21 Å². The molecule has 0 spiro atoms. The lowest BCUT2D eigenvalue weighted by Gasteiger charge is -2.44. The van der Waals surface area contributed by atoms with E-state index in [0.29, 0.717) is 43.8 Å². The van der Waals surface area contributed by atoms with Gasteiger partial charge in [0.1, 0.15) is 0 Å². The molecule has 4 fully saturated rings. The van der Waals surface area contributed by atoms with E-state index in [4.69, 9.17) is 4.74 Å². The summed E-state index contributed by atoms with van der Waals surface area (Å²) in [5.41, 5.74) is 1.47. The number of hydrogen-bond donors (Lipinski definition) is 0. The number of carbonyl (C=O) groups is 1. The van der Waals surface area contributed by atoms with E-state index in [1.54, 1.807) is 12.1 Å². The average Bonchev–Trinajstić information content (AvgIpc) is 2.88. The molecule has 0 radical (unpaired) electrons. The minimum Gasteiger partial charge on any atom is -0.379 e. The lowest BCUT2D eigenvalue weighted by atomic mass is 9.78. The molecule has 0 bridgehead atoms. The molecule has 4 aliphatic rings. The van der Waals surface area contributed by atoms with Gasteiger partial charge < -0.3 is 14.5 Å². The third kappa shape index (κ3) is 4.66. The monoisotopic (exact) mass is 475 g/mol. The van der Waals surface area contributed by atoms with Crippen LogP contribution in [0.2, 0.25) is 0 Å². The predicted molar refractivity (Wildman–Crippen MR) is 128 cm³/mol. The Morgan fingerprint density at radius 1 is 0.848 bits per heavy atom. The zero-order chi connectivity index (χ0) is 22.8. The maximum absolute atomic E-state index is 14.0. The Bertz CT molecular complexity index is 952. The Morgan fingerprint density at radius 3 is 2.36 bits per heavy atom. The van der Waals surface area contributed by atoms with E-state index in [1.807, 2.05) is 6.07 Å². The number of likely N-dealkylation sites (tertiary alicyclic amines) is 1. The summed E-state index contributed by atoms with van der Waals surface area (Å²) in [5, 5.41) is 0. The zero-order valence-electron chi connectivity index (χ0n) is 19.6. The molecule has 5 rings (SSSR count). The number of piperidine rings is 2. The topological polar surface area (TPSA) is 70.2 Å². The molecular weight excluding hydrogens is 438 g/mol. The molecule has 1 aliphatic carbocycles. The number of morpholine rings is 1. The van der Waals surface area contributed by atoms with Crippen molar-refractivity contribution in [3.63, 3.8) is 0 Å². The highest BCUT2D eigenvalue weighted by Gasteiger charge is 2.37. The van der Waals surface area contributed by atoms with Gasteiger partial charge in [0.05, 0.1) is 23.7 Å². The van der Waals surface area contributed by atoms with Crippen LogP contribution in [0.5, 0.6) is 0 Å².